The lowest BCUT2D eigenvalue weighted by atomic mass is 9.76. The Hall–Kier alpha value is -1.02. The second-order valence-electron chi connectivity index (χ2n) is 4.25. The number of nitrogens with one attached hydrogen (secondary N) is 1. The van der Waals surface area contributed by atoms with Crippen molar-refractivity contribution in [2.75, 3.05) is 20.7 Å². The zero-order chi connectivity index (χ0) is 12.0. The first-order chi connectivity index (χ1) is 7.72. The van der Waals surface area contributed by atoms with Crippen LogP contribution in [0, 0.1) is 0 Å². The van der Waals surface area contributed by atoms with Crippen LogP contribution in [-0.4, -0.2) is 20.7 Å². The highest BCUT2D eigenvalue weighted by molar-refractivity contribution is 5.32. The van der Waals surface area contributed by atoms with Crippen molar-refractivity contribution in [1.29, 1.82) is 0 Å². The lowest BCUT2D eigenvalue weighted by molar-refractivity contribution is 0.378. The van der Waals surface area contributed by atoms with Crippen molar-refractivity contribution in [2.45, 2.75) is 32.1 Å². The summed E-state index contributed by atoms with van der Waals surface area (Å²) < 4.78 is 5.19. The summed E-state index contributed by atoms with van der Waals surface area (Å²) in [5, 5.41) is 3.31. The summed E-state index contributed by atoms with van der Waals surface area (Å²) >= 11 is 0. The van der Waals surface area contributed by atoms with E-state index in [1.165, 1.54) is 5.56 Å². The van der Waals surface area contributed by atoms with Crippen LogP contribution in [0.15, 0.2) is 24.3 Å². The van der Waals surface area contributed by atoms with Crippen molar-refractivity contribution >= 4 is 0 Å². The van der Waals surface area contributed by atoms with Crippen LogP contribution >= 0.6 is 0 Å². The first kappa shape index (κ1) is 13.0. The number of methoxy groups -OCH3 is 1. The highest BCUT2D eigenvalue weighted by Gasteiger charge is 2.27. The molecule has 0 atom stereocenters. The van der Waals surface area contributed by atoms with E-state index >= 15 is 0 Å². The Morgan fingerprint density at radius 2 is 1.69 bits per heavy atom. The van der Waals surface area contributed by atoms with E-state index in [2.05, 4.69) is 31.3 Å². The molecule has 2 heteroatoms. The quantitative estimate of drug-likeness (QED) is 0.797. The number of likely N-dealkylation sites (N-methyl/N-ethyl adjacent to an activating group) is 1. The van der Waals surface area contributed by atoms with Crippen LogP contribution in [0.25, 0.3) is 0 Å². The molecule has 0 saturated carbocycles. The molecule has 0 saturated heterocycles. The molecule has 1 aromatic rings. The van der Waals surface area contributed by atoms with Crippen molar-refractivity contribution < 1.29 is 4.74 Å². The molecule has 16 heavy (non-hydrogen) atoms. The lowest BCUT2D eigenvalue weighted by Crippen LogP contribution is -2.35. The molecule has 0 radical (unpaired) electrons. The molecule has 0 heterocycles. The van der Waals surface area contributed by atoms with Gasteiger partial charge in [-0.25, -0.2) is 0 Å². The molecule has 90 valence electrons. The average molecular weight is 221 g/mol. The van der Waals surface area contributed by atoms with Crippen molar-refractivity contribution in [3.05, 3.63) is 29.8 Å². The molecule has 2 nitrogen and oxygen atoms in total. The average Bonchev–Trinajstić information content (AvgIpc) is 2.36. The summed E-state index contributed by atoms with van der Waals surface area (Å²) in [4.78, 5) is 0. The van der Waals surface area contributed by atoms with Gasteiger partial charge in [0.25, 0.3) is 0 Å². The van der Waals surface area contributed by atoms with Gasteiger partial charge < -0.3 is 10.1 Å². The fourth-order valence-corrected chi connectivity index (χ4v) is 2.29. The molecule has 0 aliphatic heterocycles. The highest BCUT2D eigenvalue weighted by atomic mass is 16.5. The molecule has 0 aliphatic carbocycles. The second-order valence-corrected chi connectivity index (χ2v) is 4.25. The maximum atomic E-state index is 5.19. The molecule has 1 rings (SSSR count). The maximum Gasteiger partial charge on any atom is 0.118 e. The third-order valence-corrected chi connectivity index (χ3v) is 3.57. The number of ether oxygens (including phenoxy) is 1. The first-order valence-electron chi connectivity index (χ1n) is 6.01. The molecule has 0 bridgehead atoms. The predicted octanol–water partition coefficient (Wildman–Crippen LogP) is 2.97. The zero-order valence-corrected chi connectivity index (χ0v) is 10.8. The van der Waals surface area contributed by atoms with E-state index in [4.69, 9.17) is 4.74 Å². The van der Waals surface area contributed by atoms with E-state index in [0.717, 1.165) is 25.1 Å². The third-order valence-electron chi connectivity index (χ3n) is 3.57. The number of hydrogen-bond acceptors (Lipinski definition) is 2. The summed E-state index contributed by atoms with van der Waals surface area (Å²) in [5.41, 5.74) is 1.65. The topological polar surface area (TPSA) is 21.3 Å². The molecule has 0 aliphatic rings. The highest BCUT2D eigenvalue weighted by Crippen LogP contribution is 2.31. The minimum absolute atomic E-state index is 0.251. The van der Waals surface area contributed by atoms with E-state index in [1.807, 2.05) is 19.2 Å². The Balaban J connectivity index is 3.00. The van der Waals surface area contributed by atoms with Crippen LogP contribution in [-0.2, 0) is 5.41 Å². The van der Waals surface area contributed by atoms with E-state index < -0.39 is 0 Å². The van der Waals surface area contributed by atoms with Crippen LogP contribution < -0.4 is 10.1 Å². The number of benzene rings is 1. The van der Waals surface area contributed by atoms with Crippen LogP contribution in [0.5, 0.6) is 5.75 Å². The Labute approximate surface area is 99.0 Å². The van der Waals surface area contributed by atoms with Crippen molar-refractivity contribution in [3.8, 4) is 5.75 Å². The largest absolute Gasteiger partial charge is 0.497 e. The smallest absolute Gasteiger partial charge is 0.118 e. The zero-order valence-electron chi connectivity index (χ0n) is 10.8. The predicted molar refractivity (Wildman–Crippen MR) is 69.2 cm³/mol. The Kier molecular flexibility index (Phi) is 4.81. The molecule has 0 aromatic heterocycles. The van der Waals surface area contributed by atoms with Crippen LogP contribution in [0.2, 0.25) is 0 Å². The van der Waals surface area contributed by atoms with Gasteiger partial charge in [-0.05, 0) is 37.6 Å². The SMILES string of the molecule is CCC(CC)(CNC)c1ccc(OC)cc1. The van der Waals surface area contributed by atoms with Gasteiger partial charge >= 0.3 is 0 Å². The van der Waals surface area contributed by atoms with Gasteiger partial charge in [0.1, 0.15) is 5.75 Å². The number of hydrogen-bond donors (Lipinski definition) is 1. The summed E-state index contributed by atoms with van der Waals surface area (Å²) in [5.74, 6) is 0.925. The van der Waals surface area contributed by atoms with Crippen LogP contribution in [0.1, 0.15) is 32.3 Å². The van der Waals surface area contributed by atoms with Gasteiger partial charge in [0.05, 0.1) is 7.11 Å². The van der Waals surface area contributed by atoms with E-state index in [1.54, 1.807) is 7.11 Å². The van der Waals surface area contributed by atoms with E-state index in [0.29, 0.717) is 0 Å². The minimum atomic E-state index is 0.251. The molecule has 0 amide bonds. The molecule has 0 unspecified atom stereocenters. The summed E-state index contributed by atoms with van der Waals surface area (Å²) in [6.07, 6.45) is 2.30. The van der Waals surface area contributed by atoms with Gasteiger partial charge in [0.2, 0.25) is 0 Å². The van der Waals surface area contributed by atoms with Gasteiger partial charge in [0, 0.05) is 12.0 Å². The van der Waals surface area contributed by atoms with Crippen molar-refractivity contribution in [1.82, 2.24) is 5.32 Å². The standard InChI is InChI=1S/C14H23NO/c1-5-14(6-2,11-15-3)12-7-9-13(16-4)10-8-12/h7-10,15H,5-6,11H2,1-4H3. The molecule has 1 aromatic carbocycles. The van der Waals surface area contributed by atoms with Gasteiger partial charge in [-0.2, -0.15) is 0 Å². The van der Waals surface area contributed by atoms with Gasteiger partial charge in [-0.1, -0.05) is 26.0 Å². The Morgan fingerprint density at radius 1 is 1.12 bits per heavy atom. The summed E-state index contributed by atoms with van der Waals surface area (Å²) in [7, 11) is 3.72. The number of rotatable bonds is 6. The van der Waals surface area contributed by atoms with E-state index in [9.17, 15) is 0 Å². The fourth-order valence-electron chi connectivity index (χ4n) is 2.29. The van der Waals surface area contributed by atoms with Crippen LogP contribution in [0.3, 0.4) is 0 Å². The summed E-state index contributed by atoms with van der Waals surface area (Å²) in [6, 6.07) is 8.46. The lowest BCUT2D eigenvalue weighted by Gasteiger charge is -2.32. The Morgan fingerprint density at radius 3 is 2.06 bits per heavy atom. The normalized spacial score (nSPS) is 11.5. The van der Waals surface area contributed by atoms with E-state index in [-0.39, 0.29) is 5.41 Å². The second kappa shape index (κ2) is 5.90. The van der Waals surface area contributed by atoms with Gasteiger partial charge in [0.15, 0.2) is 0 Å². The fraction of sp³-hybridized carbons (Fsp3) is 0.571. The molecule has 0 fully saturated rings. The molecular formula is C14H23NO. The third kappa shape index (κ3) is 2.56. The maximum absolute atomic E-state index is 5.19. The van der Waals surface area contributed by atoms with Crippen molar-refractivity contribution in [2.24, 2.45) is 0 Å². The Bertz CT molecular complexity index is 301. The van der Waals surface area contributed by atoms with Gasteiger partial charge in [-0.3, -0.25) is 0 Å². The van der Waals surface area contributed by atoms with Crippen molar-refractivity contribution in [3.63, 3.8) is 0 Å². The first-order valence-corrected chi connectivity index (χ1v) is 6.01. The van der Waals surface area contributed by atoms with Gasteiger partial charge in [-0.15, -0.1) is 0 Å². The molecule has 0 spiro atoms. The monoisotopic (exact) mass is 221 g/mol. The molecule has 1 N–H and O–H groups in total. The minimum Gasteiger partial charge on any atom is -0.497 e. The summed E-state index contributed by atoms with van der Waals surface area (Å²) in [6.45, 7) is 5.53. The van der Waals surface area contributed by atoms with Crippen LogP contribution in [0.4, 0.5) is 0 Å². The molecular weight excluding hydrogens is 198 g/mol.